The molecule has 7 nitrogen and oxygen atoms in total. The van der Waals surface area contributed by atoms with Crippen molar-refractivity contribution in [2.24, 2.45) is 0 Å². The Morgan fingerprint density at radius 3 is 2.47 bits per heavy atom. The normalized spacial score (nSPS) is 31.8. The number of rotatable bonds is 6. The number of hydrogen-bond acceptors (Lipinski definition) is 7. The van der Waals surface area contributed by atoms with Crippen LogP contribution in [-0.4, -0.2) is 86.5 Å². The van der Waals surface area contributed by atoms with Crippen LogP contribution in [0.1, 0.15) is 6.42 Å². The first kappa shape index (κ1) is 14.8. The molecule has 0 bridgehead atoms. The molecule has 0 amide bonds. The van der Waals surface area contributed by atoms with E-state index in [-0.39, 0.29) is 12.9 Å². The predicted molar refractivity (Wildman–Crippen MR) is 60.1 cm³/mol. The lowest BCUT2D eigenvalue weighted by molar-refractivity contribution is -0.0302. The maximum atomic E-state index is 9.68. The number of hydrogen-bond donors (Lipinski definition) is 6. The van der Waals surface area contributed by atoms with Gasteiger partial charge in [0, 0.05) is 6.54 Å². The molecule has 1 fully saturated rings. The van der Waals surface area contributed by atoms with E-state index >= 15 is 0 Å². The lowest BCUT2D eigenvalue weighted by Crippen LogP contribution is -2.47. The van der Waals surface area contributed by atoms with Gasteiger partial charge in [-0.1, -0.05) is 0 Å². The van der Waals surface area contributed by atoms with Crippen LogP contribution in [0.25, 0.3) is 0 Å². The van der Waals surface area contributed by atoms with Gasteiger partial charge in [-0.15, -0.1) is 0 Å². The van der Waals surface area contributed by atoms with Gasteiger partial charge in [-0.25, -0.2) is 0 Å². The summed E-state index contributed by atoms with van der Waals surface area (Å²) in [6, 6.07) is -0.717. The van der Waals surface area contributed by atoms with Crippen LogP contribution in [0.4, 0.5) is 0 Å². The van der Waals surface area contributed by atoms with Crippen LogP contribution in [0.3, 0.4) is 0 Å². The first-order chi connectivity index (χ1) is 7.97. The molecule has 8 heteroatoms. The Hall–Kier alpha value is -0.215. The second-order valence-corrected chi connectivity index (χ2v) is 4.42. The average molecular weight is 249 g/mol. The summed E-state index contributed by atoms with van der Waals surface area (Å²) in [4.78, 5) is 1.65. The Morgan fingerprint density at radius 1 is 1.29 bits per heavy atom. The first-order valence-corrected chi connectivity index (χ1v) is 5.72. The Balaban J connectivity index is 2.50. The van der Waals surface area contributed by atoms with Crippen LogP contribution < -0.4 is 0 Å². The van der Waals surface area contributed by atoms with Crippen LogP contribution in [0.2, 0.25) is 6.32 Å². The van der Waals surface area contributed by atoms with E-state index in [1.807, 2.05) is 0 Å². The molecule has 1 rings (SSSR count). The molecule has 1 aliphatic rings. The lowest BCUT2D eigenvalue weighted by Gasteiger charge is -2.28. The van der Waals surface area contributed by atoms with Gasteiger partial charge in [0.1, 0.15) is 0 Å². The van der Waals surface area contributed by atoms with Crippen molar-refractivity contribution >= 4 is 7.12 Å². The number of aliphatic hydroxyl groups is 4. The second kappa shape index (κ2) is 6.65. The van der Waals surface area contributed by atoms with E-state index in [1.165, 1.54) is 0 Å². The van der Waals surface area contributed by atoms with Crippen LogP contribution in [0.15, 0.2) is 0 Å². The summed E-state index contributed by atoms with van der Waals surface area (Å²) in [5.41, 5.74) is 0. The van der Waals surface area contributed by atoms with Gasteiger partial charge in [0.15, 0.2) is 0 Å². The van der Waals surface area contributed by atoms with Crippen molar-refractivity contribution < 1.29 is 30.5 Å². The summed E-state index contributed by atoms with van der Waals surface area (Å²) in [5.74, 6) is 0. The highest BCUT2D eigenvalue weighted by molar-refractivity contribution is 6.40. The minimum absolute atomic E-state index is 0.185. The third-order valence-corrected chi connectivity index (χ3v) is 3.08. The Bertz CT molecular complexity index is 232. The molecule has 0 unspecified atom stereocenters. The van der Waals surface area contributed by atoms with Gasteiger partial charge in [-0.2, -0.15) is 0 Å². The van der Waals surface area contributed by atoms with Crippen molar-refractivity contribution in [2.45, 2.75) is 37.1 Å². The summed E-state index contributed by atoms with van der Waals surface area (Å²) in [5, 5.41) is 55.0. The zero-order valence-electron chi connectivity index (χ0n) is 9.55. The molecular formula is C9H20BNO6. The quantitative estimate of drug-likeness (QED) is 0.271. The van der Waals surface area contributed by atoms with Crippen LogP contribution in [0.5, 0.6) is 0 Å². The van der Waals surface area contributed by atoms with Gasteiger partial charge in [0.25, 0.3) is 0 Å². The maximum Gasteiger partial charge on any atom is 0.451 e. The average Bonchev–Trinajstić information content (AvgIpc) is 2.54. The largest absolute Gasteiger partial charge is 0.451 e. The van der Waals surface area contributed by atoms with Crippen LogP contribution in [0, 0.1) is 0 Å². The number of likely N-dealkylation sites (tertiary alicyclic amines) is 1. The molecule has 0 saturated carbocycles. The number of aliphatic hydroxyl groups excluding tert-OH is 4. The predicted octanol–water partition coefficient (Wildman–Crippen LogP) is -3.39. The number of nitrogens with zero attached hydrogens (tertiary/aromatic N) is 1. The van der Waals surface area contributed by atoms with E-state index < -0.39 is 38.1 Å². The first-order valence-electron chi connectivity index (χ1n) is 5.72. The second-order valence-electron chi connectivity index (χ2n) is 4.42. The van der Waals surface area contributed by atoms with E-state index in [2.05, 4.69) is 0 Å². The van der Waals surface area contributed by atoms with Crippen molar-refractivity contribution in [1.29, 1.82) is 0 Å². The smallest absolute Gasteiger partial charge is 0.427 e. The molecule has 1 heterocycles. The van der Waals surface area contributed by atoms with E-state index in [9.17, 15) is 15.3 Å². The molecule has 100 valence electrons. The van der Waals surface area contributed by atoms with Crippen molar-refractivity contribution in [3.05, 3.63) is 0 Å². The SMILES string of the molecule is OC[C@@H](O)[C@H]1[C@H](O)[C@H](O)CN1CCCB(O)O. The standard InChI is InChI=1S/C9H20BNO6/c12-5-7(14)8-9(15)6(13)4-11(8)3-1-2-10(16)17/h6-9,12-17H,1-5H2/t6-,7-,8+,9-/m1/s1. The molecule has 1 aliphatic heterocycles. The highest BCUT2D eigenvalue weighted by Crippen LogP contribution is 2.22. The highest BCUT2D eigenvalue weighted by atomic mass is 16.4. The molecule has 0 radical (unpaired) electrons. The van der Waals surface area contributed by atoms with Gasteiger partial charge in [0.2, 0.25) is 0 Å². The van der Waals surface area contributed by atoms with Crippen molar-refractivity contribution in [1.82, 2.24) is 4.90 Å². The Morgan fingerprint density at radius 2 is 1.94 bits per heavy atom. The van der Waals surface area contributed by atoms with Gasteiger partial charge in [-0.05, 0) is 19.3 Å². The van der Waals surface area contributed by atoms with E-state index in [4.69, 9.17) is 15.2 Å². The van der Waals surface area contributed by atoms with Crippen LogP contribution >= 0.6 is 0 Å². The summed E-state index contributed by atoms with van der Waals surface area (Å²) < 4.78 is 0. The summed E-state index contributed by atoms with van der Waals surface area (Å²) >= 11 is 0. The van der Waals surface area contributed by atoms with Crippen molar-refractivity contribution in [3.63, 3.8) is 0 Å². The van der Waals surface area contributed by atoms with E-state index in [0.717, 1.165) is 0 Å². The molecule has 4 atom stereocenters. The molecule has 6 N–H and O–H groups in total. The summed E-state index contributed by atoms with van der Waals surface area (Å²) in [6.07, 6.45) is -2.53. The zero-order valence-corrected chi connectivity index (χ0v) is 9.55. The Labute approximate surface area is 100 Å². The monoisotopic (exact) mass is 249 g/mol. The van der Waals surface area contributed by atoms with E-state index in [0.29, 0.717) is 13.0 Å². The van der Waals surface area contributed by atoms with Gasteiger partial charge in [0.05, 0.1) is 31.0 Å². The summed E-state index contributed by atoms with van der Waals surface area (Å²) in [7, 11) is -1.38. The van der Waals surface area contributed by atoms with Crippen molar-refractivity contribution in [3.8, 4) is 0 Å². The van der Waals surface area contributed by atoms with Crippen LogP contribution in [-0.2, 0) is 0 Å². The molecule has 0 aromatic rings. The Kier molecular flexibility index (Phi) is 5.80. The third kappa shape index (κ3) is 3.89. The lowest BCUT2D eigenvalue weighted by atomic mass is 9.84. The third-order valence-electron chi connectivity index (χ3n) is 3.08. The molecule has 0 spiro atoms. The fourth-order valence-electron chi connectivity index (χ4n) is 2.21. The maximum absolute atomic E-state index is 9.68. The number of β-amino-alcohol motifs (C(OH)–C–C–N with tert-alkyl or cyclic N) is 1. The highest BCUT2D eigenvalue weighted by Gasteiger charge is 2.43. The van der Waals surface area contributed by atoms with Gasteiger partial charge < -0.3 is 30.5 Å². The minimum atomic E-state index is -1.38. The minimum Gasteiger partial charge on any atom is -0.427 e. The molecule has 0 aliphatic carbocycles. The fourth-order valence-corrected chi connectivity index (χ4v) is 2.21. The molecule has 0 aromatic heterocycles. The zero-order chi connectivity index (χ0) is 13.0. The van der Waals surface area contributed by atoms with Gasteiger partial charge >= 0.3 is 7.12 Å². The van der Waals surface area contributed by atoms with Crippen molar-refractivity contribution in [2.75, 3.05) is 19.7 Å². The molecule has 1 saturated heterocycles. The summed E-state index contributed by atoms with van der Waals surface area (Å²) in [6.45, 7) is 0.117. The fraction of sp³-hybridized carbons (Fsp3) is 1.00. The molecule has 17 heavy (non-hydrogen) atoms. The topological polar surface area (TPSA) is 125 Å². The molecule has 0 aromatic carbocycles. The molecular weight excluding hydrogens is 229 g/mol. The van der Waals surface area contributed by atoms with Gasteiger partial charge in [-0.3, -0.25) is 4.90 Å². The van der Waals surface area contributed by atoms with E-state index in [1.54, 1.807) is 4.90 Å².